The first-order valence-electron chi connectivity index (χ1n) is 6.76. The Morgan fingerprint density at radius 2 is 1.90 bits per heavy atom. The summed E-state index contributed by atoms with van der Waals surface area (Å²) in [7, 11) is 0. The molecule has 0 aliphatic heterocycles. The summed E-state index contributed by atoms with van der Waals surface area (Å²) in [5.74, 6) is -1.26. The molecule has 1 heterocycles. The van der Waals surface area contributed by atoms with Crippen molar-refractivity contribution in [1.82, 2.24) is 5.32 Å². The third-order valence-electron chi connectivity index (χ3n) is 3.09. The van der Waals surface area contributed by atoms with Gasteiger partial charge in [-0.3, -0.25) is 4.79 Å². The van der Waals surface area contributed by atoms with Crippen molar-refractivity contribution in [3.05, 3.63) is 58.3 Å². The highest BCUT2D eigenvalue weighted by Crippen LogP contribution is 2.19. The number of nitrogens with one attached hydrogen (secondary N) is 1. The number of carbonyl (C=O) groups is 2. The number of rotatable bonds is 7. The lowest BCUT2D eigenvalue weighted by Gasteiger charge is -2.12. The number of amides is 1. The standard InChI is InChI=1S/C16H17NO3S/c18-14(10-4-8-12-6-2-1-3-7-12)17-15(16(19)20)13-9-5-11-21-13/h1-3,5-7,9,11,15H,4,8,10H2,(H,17,18)(H,19,20). The molecule has 0 aliphatic carbocycles. The van der Waals surface area contributed by atoms with Crippen LogP contribution in [0.5, 0.6) is 0 Å². The van der Waals surface area contributed by atoms with E-state index in [2.05, 4.69) is 5.32 Å². The maximum atomic E-state index is 11.9. The van der Waals surface area contributed by atoms with Crippen LogP contribution >= 0.6 is 11.3 Å². The van der Waals surface area contributed by atoms with E-state index in [0.29, 0.717) is 17.7 Å². The lowest BCUT2D eigenvalue weighted by Crippen LogP contribution is -2.33. The third-order valence-corrected chi connectivity index (χ3v) is 4.03. The average molecular weight is 303 g/mol. The van der Waals surface area contributed by atoms with Gasteiger partial charge in [-0.2, -0.15) is 0 Å². The fraction of sp³-hybridized carbons (Fsp3) is 0.250. The molecule has 5 heteroatoms. The number of carbonyl (C=O) groups excluding carboxylic acids is 1. The molecule has 1 aromatic heterocycles. The monoisotopic (exact) mass is 303 g/mol. The minimum atomic E-state index is -1.03. The summed E-state index contributed by atoms with van der Waals surface area (Å²) >= 11 is 1.33. The molecule has 2 rings (SSSR count). The lowest BCUT2D eigenvalue weighted by molar-refractivity contribution is -0.142. The second kappa shape index (κ2) is 7.59. The zero-order chi connectivity index (χ0) is 15.1. The second-order valence-corrected chi connectivity index (χ2v) is 5.67. The van der Waals surface area contributed by atoms with Gasteiger partial charge in [0, 0.05) is 11.3 Å². The molecule has 0 spiro atoms. The number of carboxylic acids is 1. The van der Waals surface area contributed by atoms with Crippen LogP contribution in [-0.4, -0.2) is 17.0 Å². The molecule has 2 aromatic rings. The summed E-state index contributed by atoms with van der Waals surface area (Å²) in [4.78, 5) is 23.7. The highest BCUT2D eigenvalue weighted by atomic mass is 32.1. The minimum absolute atomic E-state index is 0.230. The Bertz CT molecular complexity index is 581. The molecule has 0 radical (unpaired) electrons. The van der Waals surface area contributed by atoms with Gasteiger partial charge in [-0.25, -0.2) is 4.79 Å². The normalized spacial score (nSPS) is 11.8. The van der Waals surface area contributed by atoms with Crippen LogP contribution < -0.4 is 5.32 Å². The maximum Gasteiger partial charge on any atom is 0.331 e. The Morgan fingerprint density at radius 3 is 2.52 bits per heavy atom. The van der Waals surface area contributed by atoms with Crippen molar-refractivity contribution in [2.24, 2.45) is 0 Å². The van der Waals surface area contributed by atoms with Crippen molar-refractivity contribution in [3.8, 4) is 0 Å². The molecule has 1 atom stereocenters. The van der Waals surface area contributed by atoms with Gasteiger partial charge in [-0.05, 0) is 29.9 Å². The van der Waals surface area contributed by atoms with Gasteiger partial charge < -0.3 is 10.4 Å². The average Bonchev–Trinajstić information content (AvgIpc) is 2.99. The summed E-state index contributed by atoms with van der Waals surface area (Å²) in [5, 5.41) is 13.6. The predicted molar refractivity (Wildman–Crippen MR) is 82.2 cm³/mol. The Kier molecular flexibility index (Phi) is 5.51. The quantitative estimate of drug-likeness (QED) is 0.826. The number of hydrogen-bond acceptors (Lipinski definition) is 3. The topological polar surface area (TPSA) is 66.4 Å². The van der Waals surface area contributed by atoms with E-state index in [4.69, 9.17) is 0 Å². The van der Waals surface area contributed by atoms with E-state index in [1.165, 1.54) is 16.9 Å². The van der Waals surface area contributed by atoms with E-state index >= 15 is 0 Å². The van der Waals surface area contributed by atoms with Crippen LogP contribution in [-0.2, 0) is 16.0 Å². The van der Waals surface area contributed by atoms with Gasteiger partial charge in [0.1, 0.15) is 0 Å². The fourth-order valence-corrected chi connectivity index (χ4v) is 2.81. The summed E-state index contributed by atoms with van der Waals surface area (Å²) in [6.45, 7) is 0. The van der Waals surface area contributed by atoms with Crippen molar-refractivity contribution in [1.29, 1.82) is 0 Å². The Hall–Kier alpha value is -2.14. The fourth-order valence-electron chi connectivity index (χ4n) is 2.04. The van der Waals surface area contributed by atoms with E-state index in [-0.39, 0.29) is 5.91 Å². The molecule has 0 fully saturated rings. The first-order valence-corrected chi connectivity index (χ1v) is 7.64. The zero-order valence-corrected chi connectivity index (χ0v) is 12.3. The molecule has 0 bridgehead atoms. The van der Waals surface area contributed by atoms with Gasteiger partial charge in [-0.1, -0.05) is 36.4 Å². The highest BCUT2D eigenvalue weighted by molar-refractivity contribution is 7.10. The number of thiophene rings is 1. The van der Waals surface area contributed by atoms with E-state index in [9.17, 15) is 14.7 Å². The smallest absolute Gasteiger partial charge is 0.331 e. The zero-order valence-electron chi connectivity index (χ0n) is 11.5. The molecule has 1 aromatic carbocycles. The van der Waals surface area contributed by atoms with Crippen molar-refractivity contribution in [2.45, 2.75) is 25.3 Å². The molecule has 0 saturated heterocycles. The molecular formula is C16H17NO3S. The first kappa shape index (κ1) is 15.3. The molecule has 21 heavy (non-hydrogen) atoms. The van der Waals surface area contributed by atoms with E-state index < -0.39 is 12.0 Å². The molecule has 0 aliphatic rings. The number of hydrogen-bond donors (Lipinski definition) is 2. The van der Waals surface area contributed by atoms with Crippen molar-refractivity contribution in [3.63, 3.8) is 0 Å². The highest BCUT2D eigenvalue weighted by Gasteiger charge is 2.22. The number of carboxylic acid groups (broad SMARTS) is 1. The maximum absolute atomic E-state index is 11.9. The SMILES string of the molecule is O=C(CCCc1ccccc1)NC(C(=O)O)c1cccs1. The molecule has 4 nitrogen and oxygen atoms in total. The Balaban J connectivity index is 1.82. The van der Waals surface area contributed by atoms with Crippen molar-refractivity contribution in [2.75, 3.05) is 0 Å². The minimum Gasteiger partial charge on any atom is -0.479 e. The second-order valence-electron chi connectivity index (χ2n) is 4.69. The number of aryl methyl sites for hydroxylation is 1. The third kappa shape index (κ3) is 4.72. The summed E-state index contributed by atoms with van der Waals surface area (Å²) in [6, 6.07) is 12.5. The van der Waals surface area contributed by atoms with Crippen LogP contribution in [0.2, 0.25) is 0 Å². The number of benzene rings is 1. The van der Waals surface area contributed by atoms with Gasteiger partial charge in [-0.15, -0.1) is 11.3 Å². The lowest BCUT2D eigenvalue weighted by atomic mass is 10.1. The van der Waals surface area contributed by atoms with Crippen LogP contribution in [0.3, 0.4) is 0 Å². The molecule has 1 unspecified atom stereocenters. The van der Waals surface area contributed by atoms with Crippen LogP contribution in [0.4, 0.5) is 0 Å². The van der Waals surface area contributed by atoms with Crippen LogP contribution in [0.1, 0.15) is 29.3 Å². The van der Waals surface area contributed by atoms with Gasteiger partial charge in [0.25, 0.3) is 0 Å². The molecular weight excluding hydrogens is 286 g/mol. The van der Waals surface area contributed by atoms with E-state index in [0.717, 1.165) is 6.42 Å². The number of aliphatic carboxylic acids is 1. The van der Waals surface area contributed by atoms with E-state index in [1.54, 1.807) is 17.5 Å². The van der Waals surface area contributed by atoms with E-state index in [1.807, 2.05) is 30.3 Å². The van der Waals surface area contributed by atoms with Gasteiger partial charge >= 0.3 is 5.97 Å². The molecule has 1 amide bonds. The Labute approximate surface area is 127 Å². The Morgan fingerprint density at radius 1 is 1.14 bits per heavy atom. The molecule has 110 valence electrons. The summed E-state index contributed by atoms with van der Waals surface area (Å²) < 4.78 is 0. The van der Waals surface area contributed by atoms with Crippen LogP contribution in [0.15, 0.2) is 47.8 Å². The van der Waals surface area contributed by atoms with Gasteiger partial charge in [0.05, 0.1) is 0 Å². The van der Waals surface area contributed by atoms with Crippen molar-refractivity contribution >= 4 is 23.2 Å². The molecule has 0 saturated carbocycles. The van der Waals surface area contributed by atoms with Crippen molar-refractivity contribution < 1.29 is 14.7 Å². The molecule has 2 N–H and O–H groups in total. The van der Waals surface area contributed by atoms with Crippen LogP contribution in [0.25, 0.3) is 0 Å². The largest absolute Gasteiger partial charge is 0.479 e. The predicted octanol–water partition coefficient (Wildman–Crippen LogP) is 3.01. The first-order chi connectivity index (χ1) is 10.2. The summed E-state index contributed by atoms with van der Waals surface area (Å²) in [5.41, 5.74) is 1.18. The van der Waals surface area contributed by atoms with Crippen LogP contribution in [0, 0.1) is 0 Å². The summed E-state index contributed by atoms with van der Waals surface area (Å²) in [6.07, 6.45) is 1.83. The van der Waals surface area contributed by atoms with Gasteiger partial charge in [0.15, 0.2) is 6.04 Å². The van der Waals surface area contributed by atoms with Gasteiger partial charge in [0.2, 0.25) is 5.91 Å².